The summed E-state index contributed by atoms with van der Waals surface area (Å²) in [7, 11) is 4.61. The number of likely N-dealkylation sites (N-methyl/N-ethyl adjacent to an activating group) is 2. The molecule has 3 rings (SSSR count). The van der Waals surface area contributed by atoms with Gasteiger partial charge in [0.15, 0.2) is 0 Å². The maximum Gasteiger partial charge on any atom is 0.0496 e. The van der Waals surface area contributed by atoms with Crippen LogP contribution >= 0.6 is 0 Å². The van der Waals surface area contributed by atoms with Gasteiger partial charge in [-0.3, -0.25) is 9.80 Å². The van der Waals surface area contributed by atoms with Gasteiger partial charge in [-0.2, -0.15) is 0 Å². The molecule has 0 saturated carbocycles. The molecule has 3 fully saturated rings. The van der Waals surface area contributed by atoms with Gasteiger partial charge in [0, 0.05) is 37.3 Å². The molecule has 0 radical (unpaired) electrons. The molecule has 3 atom stereocenters. The van der Waals surface area contributed by atoms with Crippen molar-refractivity contribution in [2.75, 3.05) is 46.8 Å². The molecule has 0 aromatic carbocycles. The molecular formula is C16H32N4. The first-order chi connectivity index (χ1) is 9.67. The van der Waals surface area contributed by atoms with Crippen molar-refractivity contribution >= 4 is 0 Å². The molecule has 0 aromatic heterocycles. The zero-order chi connectivity index (χ0) is 14.2. The zero-order valence-electron chi connectivity index (χ0n) is 13.4. The third kappa shape index (κ3) is 2.41. The molecule has 3 aliphatic rings. The Hall–Kier alpha value is -0.160. The summed E-state index contributed by atoms with van der Waals surface area (Å²) in [5, 5.41) is 0. The van der Waals surface area contributed by atoms with Gasteiger partial charge in [-0.15, -0.1) is 0 Å². The lowest BCUT2D eigenvalue weighted by molar-refractivity contribution is 0.0423. The fourth-order valence-corrected chi connectivity index (χ4v) is 4.92. The van der Waals surface area contributed by atoms with Crippen LogP contribution in [0.15, 0.2) is 0 Å². The second kappa shape index (κ2) is 5.91. The highest BCUT2D eigenvalue weighted by Gasteiger charge is 2.49. The summed E-state index contributed by atoms with van der Waals surface area (Å²) >= 11 is 0. The van der Waals surface area contributed by atoms with Crippen LogP contribution in [0.25, 0.3) is 0 Å². The second-order valence-electron chi connectivity index (χ2n) is 7.26. The van der Waals surface area contributed by atoms with E-state index in [4.69, 9.17) is 5.73 Å². The number of piperidine rings is 1. The van der Waals surface area contributed by atoms with Gasteiger partial charge in [0.1, 0.15) is 0 Å². The van der Waals surface area contributed by atoms with E-state index in [1.165, 1.54) is 64.7 Å². The van der Waals surface area contributed by atoms with E-state index in [9.17, 15) is 0 Å². The number of hydrogen-bond acceptors (Lipinski definition) is 4. The Balaban J connectivity index is 1.71. The molecule has 0 spiro atoms. The third-order valence-corrected chi connectivity index (χ3v) is 6.34. The molecule has 2 N–H and O–H groups in total. The quantitative estimate of drug-likeness (QED) is 0.832. The van der Waals surface area contributed by atoms with E-state index in [1.54, 1.807) is 0 Å². The number of fused-ring (bicyclic) bond motifs is 1. The molecule has 20 heavy (non-hydrogen) atoms. The molecule has 0 amide bonds. The maximum absolute atomic E-state index is 6.30. The monoisotopic (exact) mass is 280 g/mol. The Bertz CT molecular complexity index is 334. The predicted octanol–water partition coefficient (Wildman–Crippen LogP) is 0.968. The van der Waals surface area contributed by atoms with Gasteiger partial charge in [0.2, 0.25) is 0 Å². The van der Waals surface area contributed by atoms with E-state index in [0.717, 1.165) is 12.6 Å². The summed E-state index contributed by atoms with van der Waals surface area (Å²) in [5.74, 6) is 0. The Morgan fingerprint density at radius 3 is 2.70 bits per heavy atom. The smallest absolute Gasteiger partial charge is 0.0496 e. The fourth-order valence-electron chi connectivity index (χ4n) is 4.92. The normalized spacial score (nSPS) is 39.6. The molecule has 3 unspecified atom stereocenters. The van der Waals surface area contributed by atoms with Gasteiger partial charge in [0.05, 0.1) is 0 Å². The summed E-state index contributed by atoms with van der Waals surface area (Å²) < 4.78 is 0. The van der Waals surface area contributed by atoms with Gasteiger partial charge < -0.3 is 10.6 Å². The minimum absolute atomic E-state index is 0.240. The highest BCUT2D eigenvalue weighted by molar-refractivity contribution is 5.08. The van der Waals surface area contributed by atoms with Crippen molar-refractivity contribution in [1.29, 1.82) is 0 Å². The van der Waals surface area contributed by atoms with Crippen LogP contribution in [0.3, 0.4) is 0 Å². The van der Waals surface area contributed by atoms with Gasteiger partial charge in [0.25, 0.3) is 0 Å². The number of hydrogen-bond donors (Lipinski definition) is 1. The maximum atomic E-state index is 6.30. The lowest BCUT2D eigenvalue weighted by Crippen LogP contribution is -2.62. The minimum Gasteiger partial charge on any atom is -0.329 e. The summed E-state index contributed by atoms with van der Waals surface area (Å²) in [6, 6.07) is 1.44. The first kappa shape index (κ1) is 14.8. The molecule has 4 heteroatoms. The SMILES string of the molecule is CN1CCCC1CN(C)C1(CN)CCN2CCCCC21. The summed E-state index contributed by atoms with van der Waals surface area (Å²) in [6.07, 6.45) is 8.10. The van der Waals surface area contributed by atoms with Crippen LogP contribution in [-0.2, 0) is 0 Å². The van der Waals surface area contributed by atoms with Crippen LogP contribution in [0.1, 0.15) is 38.5 Å². The number of nitrogens with zero attached hydrogens (tertiary/aromatic N) is 3. The van der Waals surface area contributed by atoms with Crippen molar-refractivity contribution in [1.82, 2.24) is 14.7 Å². The van der Waals surface area contributed by atoms with Crippen LogP contribution in [0, 0.1) is 0 Å². The Morgan fingerprint density at radius 1 is 1.15 bits per heavy atom. The van der Waals surface area contributed by atoms with Gasteiger partial charge >= 0.3 is 0 Å². The van der Waals surface area contributed by atoms with Crippen molar-refractivity contribution in [3.05, 3.63) is 0 Å². The molecule has 0 bridgehead atoms. The molecule has 3 heterocycles. The summed E-state index contributed by atoms with van der Waals surface area (Å²) in [5.41, 5.74) is 6.54. The van der Waals surface area contributed by atoms with Crippen LogP contribution in [0.2, 0.25) is 0 Å². The highest BCUT2D eigenvalue weighted by Crippen LogP contribution is 2.38. The van der Waals surface area contributed by atoms with E-state index in [1.807, 2.05) is 0 Å². The van der Waals surface area contributed by atoms with Crippen molar-refractivity contribution in [2.45, 2.75) is 56.1 Å². The van der Waals surface area contributed by atoms with Crippen molar-refractivity contribution in [3.63, 3.8) is 0 Å². The van der Waals surface area contributed by atoms with Crippen molar-refractivity contribution in [3.8, 4) is 0 Å². The zero-order valence-corrected chi connectivity index (χ0v) is 13.4. The van der Waals surface area contributed by atoms with Gasteiger partial charge in [-0.05, 0) is 59.3 Å². The summed E-state index contributed by atoms with van der Waals surface area (Å²) in [6.45, 7) is 5.83. The lowest BCUT2D eigenvalue weighted by atomic mass is 9.83. The molecule has 3 aliphatic heterocycles. The lowest BCUT2D eigenvalue weighted by Gasteiger charge is -2.47. The van der Waals surface area contributed by atoms with Gasteiger partial charge in [-0.25, -0.2) is 0 Å². The van der Waals surface area contributed by atoms with E-state index >= 15 is 0 Å². The third-order valence-electron chi connectivity index (χ3n) is 6.34. The first-order valence-corrected chi connectivity index (χ1v) is 8.53. The van der Waals surface area contributed by atoms with Crippen LogP contribution in [-0.4, -0.2) is 79.1 Å². The molecule has 3 saturated heterocycles. The molecule has 0 aromatic rings. The topological polar surface area (TPSA) is 35.7 Å². The van der Waals surface area contributed by atoms with Crippen LogP contribution in [0.4, 0.5) is 0 Å². The standard InChI is InChI=1S/C16H32N4/c1-18-9-5-6-14(18)12-19(2)16(13-17)8-11-20-10-4-3-7-15(16)20/h14-15H,3-13,17H2,1-2H3. The largest absolute Gasteiger partial charge is 0.329 e. The van der Waals surface area contributed by atoms with Crippen molar-refractivity contribution in [2.24, 2.45) is 5.73 Å². The number of likely N-dealkylation sites (tertiary alicyclic amines) is 1. The number of rotatable bonds is 4. The molecule has 0 aliphatic carbocycles. The average molecular weight is 280 g/mol. The van der Waals surface area contributed by atoms with E-state index in [-0.39, 0.29) is 5.54 Å². The van der Waals surface area contributed by atoms with Crippen LogP contribution in [0.5, 0.6) is 0 Å². The van der Waals surface area contributed by atoms with Gasteiger partial charge in [-0.1, -0.05) is 6.42 Å². The van der Waals surface area contributed by atoms with Crippen molar-refractivity contribution < 1.29 is 0 Å². The fraction of sp³-hybridized carbons (Fsp3) is 1.00. The minimum atomic E-state index is 0.240. The van der Waals surface area contributed by atoms with Crippen LogP contribution < -0.4 is 5.73 Å². The molecule has 4 nitrogen and oxygen atoms in total. The summed E-state index contributed by atoms with van der Waals surface area (Å²) in [4.78, 5) is 7.88. The average Bonchev–Trinajstić information content (AvgIpc) is 3.04. The first-order valence-electron chi connectivity index (χ1n) is 8.53. The Labute approximate surface area is 124 Å². The Morgan fingerprint density at radius 2 is 2.00 bits per heavy atom. The second-order valence-corrected chi connectivity index (χ2v) is 7.26. The highest BCUT2D eigenvalue weighted by atomic mass is 15.3. The predicted molar refractivity (Wildman–Crippen MR) is 83.9 cm³/mol. The van der Waals surface area contributed by atoms with E-state index in [2.05, 4.69) is 28.8 Å². The molecule has 116 valence electrons. The Kier molecular flexibility index (Phi) is 4.37. The molecular weight excluding hydrogens is 248 g/mol. The number of nitrogens with two attached hydrogens (primary N) is 1. The van der Waals surface area contributed by atoms with E-state index in [0.29, 0.717) is 6.04 Å². The van der Waals surface area contributed by atoms with E-state index < -0.39 is 0 Å².